The first-order valence-corrected chi connectivity index (χ1v) is 11.3. The Labute approximate surface area is 166 Å². The number of aryl methyl sites for hydroxylation is 2. The molecule has 1 saturated heterocycles. The monoisotopic (exact) mass is 398 g/mol. The van der Waals surface area contributed by atoms with Crippen LogP contribution in [0.25, 0.3) is 0 Å². The number of carbonyl (C=O) groups is 1. The van der Waals surface area contributed by atoms with Crippen molar-refractivity contribution in [2.45, 2.75) is 43.5 Å². The van der Waals surface area contributed by atoms with Gasteiger partial charge in [-0.05, 0) is 55.9 Å². The molecule has 0 spiro atoms. The SMILES string of the molecule is Cc1ccc(S(=O)(=O)N2CCC(C(=O)N[C@@H]3CCc4ccccc43)CC2)cc1. The molecule has 4 rings (SSSR count). The van der Waals surface area contributed by atoms with Crippen LogP contribution in [0, 0.1) is 12.8 Å². The largest absolute Gasteiger partial charge is 0.349 e. The van der Waals surface area contributed by atoms with Crippen molar-refractivity contribution in [2.75, 3.05) is 13.1 Å². The van der Waals surface area contributed by atoms with E-state index in [0.717, 1.165) is 18.4 Å². The van der Waals surface area contributed by atoms with E-state index >= 15 is 0 Å². The number of carbonyl (C=O) groups excluding carboxylic acids is 1. The molecule has 5 nitrogen and oxygen atoms in total. The molecule has 0 bridgehead atoms. The van der Waals surface area contributed by atoms with Gasteiger partial charge >= 0.3 is 0 Å². The molecule has 2 aromatic rings. The molecule has 1 amide bonds. The van der Waals surface area contributed by atoms with Crippen LogP contribution in [-0.4, -0.2) is 31.7 Å². The van der Waals surface area contributed by atoms with Gasteiger partial charge in [-0.25, -0.2) is 8.42 Å². The predicted molar refractivity (Wildman–Crippen MR) is 108 cm³/mol. The number of nitrogens with one attached hydrogen (secondary N) is 1. The second kappa shape index (κ2) is 7.68. The molecular formula is C22H26N2O3S. The Balaban J connectivity index is 1.36. The first kappa shape index (κ1) is 19.2. The Hall–Kier alpha value is -2.18. The van der Waals surface area contributed by atoms with Crippen molar-refractivity contribution in [1.82, 2.24) is 9.62 Å². The minimum absolute atomic E-state index is 0.0501. The Kier molecular flexibility index (Phi) is 5.25. The van der Waals surface area contributed by atoms with Crippen LogP contribution in [-0.2, 0) is 21.2 Å². The van der Waals surface area contributed by atoms with Crippen LogP contribution in [0.3, 0.4) is 0 Å². The summed E-state index contributed by atoms with van der Waals surface area (Å²) >= 11 is 0. The van der Waals surface area contributed by atoms with Crippen LogP contribution < -0.4 is 5.32 Å². The van der Waals surface area contributed by atoms with Gasteiger partial charge < -0.3 is 5.32 Å². The molecule has 0 radical (unpaired) electrons. The molecule has 1 N–H and O–H groups in total. The Bertz CT molecular complexity index is 962. The summed E-state index contributed by atoms with van der Waals surface area (Å²) in [6, 6.07) is 15.3. The minimum atomic E-state index is -3.49. The van der Waals surface area contributed by atoms with Crippen LogP contribution in [0.4, 0.5) is 0 Å². The lowest BCUT2D eigenvalue weighted by atomic mass is 9.96. The number of nitrogens with zero attached hydrogens (tertiary/aromatic N) is 1. The molecule has 6 heteroatoms. The summed E-state index contributed by atoms with van der Waals surface area (Å²) in [4.78, 5) is 13.1. The maximum Gasteiger partial charge on any atom is 0.243 e. The zero-order chi connectivity index (χ0) is 19.7. The summed E-state index contributed by atoms with van der Waals surface area (Å²) in [6.07, 6.45) is 3.05. The fourth-order valence-corrected chi connectivity index (χ4v) is 5.68. The zero-order valence-corrected chi connectivity index (χ0v) is 16.9. The van der Waals surface area contributed by atoms with Crippen molar-refractivity contribution in [1.29, 1.82) is 0 Å². The van der Waals surface area contributed by atoms with Crippen molar-refractivity contribution < 1.29 is 13.2 Å². The summed E-state index contributed by atoms with van der Waals surface area (Å²) in [6.45, 7) is 2.70. The van der Waals surface area contributed by atoms with Crippen LogP contribution in [0.5, 0.6) is 0 Å². The number of fused-ring (bicyclic) bond motifs is 1. The van der Waals surface area contributed by atoms with Crippen molar-refractivity contribution >= 4 is 15.9 Å². The summed E-state index contributed by atoms with van der Waals surface area (Å²) in [5, 5.41) is 3.19. The molecule has 28 heavy (non-hydrogen) atoms. The lowest BCUT2D eigenvalue weighted by Gasteiger charge is -2.31. The number of benzene rings is 2. The minimum Gasteiger partial charge on any atom is -0.349 e. The highest BCUT2D eigenvalue weighted by Gasteiger charge is 2.33. The van der Waals surface area contributed by atoms with Gasteiger partial charge in [-0.15, -0.1) is 0 Å². The van der Waals surface area contributed by atoms with E-state index in [4.69, 9.17) is 0 Å². The molecule has 0 saturated carbocycles. The number of piperidine rings is 1. The molecule has 1 aliphatic heterocycles. The van der Waals surface area contributed by atoms with Crippen LogP contribution >= 0.6 is 0 Å². The number of hydrogen-bond donors (Lipinski definition) is 1. The van der Waals surface area contributed by atoms with Crippen molar-refractivity contribution in [3.63, 3.8) is 0 Å². The third-order valence-corrected chi connectivity index (χ3v) is 7.85. The molecule has 2 aliphatic rings. The highest BCUT2D eigenvalue weighted by atomic mass is 32.2. The highest BCUT2D eigenvalue weighted by Crippen LogP contribution is 2.32. The van der Waals surface area contributed by atoms with Gasteiger partial charge in [-0.3, -0.25) is 4.79 Å². The molecule has 1 atom stereocenters. The van der Waals surface area contributed by atoms with E-state index < -0.39 is 10.0 Å². The van der Waals surface area contributed by atoms with E-state index in [1.807, 2.05) is 31.2 Å². The maximum atomic E-state index is 12.8. The lowest BCUT2D eigenvalue weighted by molar-refractivity contribution is -0.126. The second-order valence-electron chi connectivity index (χ2n) is 7.79. The first-order valence-electron chi connectivity index (χ1n) is 9.90. The summed E-state index contributed by atoms with van der Waals surface area (Å²) in [7, 11) is -3.49. The number of rotatable bonds is 4. The maximum absolute atomic E-state index is 12.8. The van der Waals surface area contributed by atoms with Crippen molar-refractivity contribution in [3.05, 3.63) is 65.2 Å². The lowest BCUT2D eigenvalue weighted by Crippen LogP contribution is -2.43. The van der Waals surface area contributed by atoms with Crippen molar-refractivity contribution in [3.8, 4) is 0 Å². The molecular weight excluding hydrogens is 372 g/mol. The van der Waals surface area contributed by atoms with E-state index in [1.54, 1.807) is 12.1 Å². The third-order valence-electron chi connectivity index (χ3n) is 5.93. The summed E-state index contributed by atoms with van der Waals surface area (Å²) < 4.78 is 27.1. The molecule has 0 unspecified atom stereocenters. The standard InChI is InChI=1S/C22H26N2O3S/c1-16-6-9-19(10-7-16)28(26,27)24-14-12-18(13-15-24)22(25)23-21-11-8-17-4-2-3-5-20(17)21/h2-7,9-10,18,21H,8,11-15H2,1H3,(H,23,25)/t21-/m1/s1. The number of sulfonamides is 1. The van der Waals surface area contributed by atoms with Gasteiger partial charge in [-0.2, -0.15) is 4.31 Å². The first-order chi connectivity index (χ1) is 13.4. The molecule has 1 heterocycles. The predicted octanol–water partition coefficient (Wildman–Crippen LogP) is 3.20. The molecule has 1 aliphatic carbocycles. The van der Waals surface area contributed by atoms with Gasteiger partial charge in [0.2, 0.25) is 15.9 Å². The summed E-state index contributed by atoms with van der Waals surface area (Å²) in [5.74, 6) is -0.0775. The van der Waals surface area contributed by atoms with E-state index in [1.165, 1.54) is 15.4 Å². The molecule has 1 fully saturated rings. The van der Waals surface area contributed by atoms with Crippen LogP contribution in [0.2, 0.25) is 0 Å². The Morgan fingerprint density at radius 3 is 2.39 bits per heavy atom. The third kappa shape index (κ3) is 3.71. The van der Waals surface area contributed by atoms with E-state index in [2.05, 4.69) is 17.4 Å². The average molecular weight is 399 g/mol. The number of amides is 1. The van der Waals surface area contributed by atoms with Gasteiger partial charge in [0, 0.05) is 19.0 Å². The fourth-order valence-electron chi connectivity index (χ4n) is 4.21. The molecule has 0 aromatic heterocycles. The average Bonchev–Trinajstić information content (AvgIpc) is 3.11. The summed E-state index contributed by atoms with van der Waals surface area (Å²) in [5.41, 5.74) is 3.56. The normalized spacial score (nSPS) is 20.7. The van der Waals surface area contributed by atoms with Crippen LogP contribution in [0.15, 0.2) is 53.4 Å². The van der Waals surface area contributed by atoms with E-state index in [0.29, 0.717) is 30.8 Å². The van der Waals surface area contributed by atoms with E-state index in [-0.39, 0.29) is 17.9 Å². The topological polar surface area (TPSA) is 66.5 Å². The Morgan fingerprint density at radius 1 is 1.00 bits per heavy atom. The van der Waals surface area contributed by atoms with Gasteiger partial charge in [0.1, 0.15) is 0 Å². The quantitative estimate of drug-likeness (QED) is 0.860. The zero-order valence-electron chi connectivity index (χ0n) is 16.1. The van der Waals surface area contributed by atoms with Gasteiger partial charge in [0.25, 0.3) is 0 Å². The number of hydrogen-bond acceptors (Lipinski definition) is 3. The van der Waals surface area contributed by atoms with Gasteiger partial charge in [-0.1, -0.05) is 42.0 Å². The van der Waals surface area contributed by atoms with E-state index in [9.17, 15) is 13.2 Å². The second-order valence-corrected chi connectivity index (χ2v) is 9.73. The van der Waals surface area contributed by atoms with Crippen LogP contribution in [0.1, 0.15) is 42.0 Å². The van der Waals surface area contributed by atoms with Crippen molar-refractivity contribution in [2.24, 2.45) is 5.92 Å². The highest BCUT2D eigenvalue weighted by molar-refractivity contribution is 7.89. The smallest absolute Gasteiger partial charge is 0.243 e. The molecule has 2 aromatic carbocycles. The van der Waals surface area contributed by atoms with Gasteiger partial charge in [0.15, 0.2) is 0 Å². The fraction of sp³-hybridized carbons (Fsp3) is 0.409. The Morgan fingerprint density at radius 2 is 1.68 bits per heavy atom. The molecule has 148 valence electrons. The van der Waals surface area contributed by atoms with Gasteiger partial charge in [0.05, 0.1) is 10.9 Å².